The van der Waals surface area contributed by atoms with Gasteiger partial charge in [0.05, 0.1) is 0 Å². The van der Waals surface area contributed by atoms with Gasteiger partial charge in [0.25, 0.3) is 0 Å². The van der Waals surface area contributed by atoms with Crippen LogP contribution in [-0.4, -0.2) is 25.7 Å². The van der Waals surface area contributed by atoms with Crippen molar-refractivity contribution in [1.82, 2.24) is 5.32 Å². The van der Waals surface area contributed by atoms with Crippen molar-refractivity contribution in [2.45, 2.75) is 45.1 Å². The van der Waals surface area contributed by atoms with Crippen molar-refractivity contribution in [3.63, 3.8) is 0 Å². The van der Waals surface area contributed by atoms with Crippen LogP contribution in [0.15, 0.2) is 24.3 Å². The molecule has 0 spiro atoms. The lowest BCUT2D eigenvalue weighted by molar-refractivity contribution is 0.353. The smallest absolute Gasteiger partial charge is 0.0401 e. The Morgan fingerprint density at radius 2 is 2.16 bits per heavy atom. The van der Waals surface area contributed by atoms with Crippen LogP contribution in [0.4, 0.5) is 5.69 Å². The number of nitrogens with zero attached hydrogens (tertiary/aromatic N) is 1. The molecule has 0 bridgehead atoms. The number of anilines is 1. The van der Waals surface area contributed by atoms with Gasteiger partial charge in [0.1, 0.15) is 0 Å². The second-order valence-electron chi connectivity index (χ2n) is 6.21. The highest BCUT2D eigenvalue weighted by molar-refractivity contribution is 5.56. The van der Waals surface area contributed by atoms with E-state index in [1.165, 1.54) is 57.4 Å². The molecule has 19 heavy (non-hydrogen) atoms. The number of hydrogen-bond acceptors (Lipinski definition) is 2. The van der Waals surface area contributed by atoms with Crippen molar-refractivity contribution in [2.24, 2.45) is 5.92 Å². The molecule has 2 heterocycles. The SMILES string of the molecule is CC1CCc2ccccc2N1CCC1CCCNC1. The third-order valence-electron chi connectivity index (χ3n) is 4.84. The first kappa shape index (κ1) is 13.0. The molecule has 2 unspecified atom stereocenters. The summed E-state index contributed by atoms with van der Waals surface area (Å²) in [6.45, 7) is 6.06. The Morgan fingerprint density at radius 3 is 3.00 bits per heavy atom. The van der Waals surface area contributed by atoms with Gasteiger partial charge in [-0.2, -0.15) is 0 Å². The molecule has 1 aromatic rings. The van der Waals surface area contributed by atoms with E-state index >= 15 is 0 Å². The fourth-order valence-corrected chi connectivity index (χ4v) is 3.59. The summed E-state index contributed by atoms with van der Waals surface area (Å²) in [7, 11) is 0. The van der Waals surface area contributed by atoms with Crippen LogP contribution < -0.4 is 10.2 Å². The molecule has 1 aromatic carbocycles. The van der Waals surface area contributed by atoms with Crippen LogP contribution >= 0.6 is 0 Å². The van der Waals surface area contributed by atoms with Gasteiger partial charge in [-0.15, -0.1) is 0 Å². The van der Waals surface area contributed by atoms with Gasteiger partial charge in [0.2, 0.25) is 0 Å². The Bertz CT molecular complexity index is 409. The van der Waals surface area contributed by atoms with E-state index < -0.39 is 0 Å². The molecule has 2 heteroatoms. The monoisotopic (exact) mass is 258 g/mol. The minimum atomic E-state index is 0.700. The highest BCUT2D eigenvalue weighted by Gasteiger charge is 2.23. The van der Waals surface area contributed by atoms with Crippen LogP contribution in [0.2, 0.25) is 0 Å². The van der Waals surface area contributed by atoms with Crippen molar-refractivity contribution in [1.29, 1.82) is 0 Å². The maximum absolute atomic E-state index is 3.53. The Balaban J connectivity index is 1.65. The van der Waals surface area contributed by atoms with Gasteiger partial charge >= 0.3 is 0 Å². The molecular weight excluding hydrogens is 232 g/mol. The van der Waals surface area contributed by atoms with Crippen LogP contribution in [-0.2, 0) is 6.42 Å². The summed E-state index contributed by atoms with van der Waals surface area (Å²) >= 11 is 0. The standard InChI is InChI=1S/C17H26N2/c1-14-8-9-16-6-2-3-7-17(16)19(14)12-10-15-5-4-11-18-13-15/h2-3,6-7,14-15,18H,4-5,8-13H2,1H3. The van der Waals surface area contributed by atoms with Crippen molar-refractivity contribution in [3.8, 4) is 0 Å². The van der Waals surface area contributed by atoms with Gasteiger partial charge in [0, 0.05) is 18.3 Å². The number of benzene rings is 1. The molecule has 1 fully saturated rings. The molecule has 0 aliphatic carbocycles. The Morgan fingerprint density at radius 1 is 1.26 bits per heavy atom. The summed E-state index contributed by atoms with van der Waals surface area (Å²) < 4.78 is 0. The van der Waals surface area contributed by atoms with Crippen LogP contribution in [0.1, 0.15) is 38.2 Å². The van der Waals surface area contributed by atoms with E-state index in [2.05, 4.69) is 41.4 Å². The van der Waals surface area contributed by atoms with E-state index in [1.807, 2.05) is 0 Å². The van der Waals surface area contributed by atoms with Gasteiger partial charge in [-0.1, -0.05) is 18.2 Å². The van der Waals surface area contributed by atoms with E-state index in [9.17, 15) is 0 Å². The van der Waals surface area contributed by atoms with E-state index in [0.29, 0.717) is 6.04 Å². The van der Waals surface area contributed by atoms with Crippen LogP contribution in [0, 0.1) is 5.92 Å². The van der Waals surface area contributed by atoms with E-state index in [1.54, 1.807) is 5.56 Å². The van der Waals surface area contributed by atoms with Gasteiger partial charge < -0.3 is 10.2 Å². The lowest BCUT2D eigenvalue weighted by Gasteiger charge is -2.38. The fourth-order valence-electron chi connectivity index (χ4n) is 3.59. The third-order valence-corrected chi connectivity index (χ3v) is 4.84. The summed E-state index contributed by atoms with van der Waals surface area (Å²) in [6, 6.07) is 9.68. The predicted molar refractivity (Wildman–Crippen MR) is 81.8 cm³/mol. The quantitative estimate of drug-likeness (QED) is 0.895. The zero-order valence-electron chi connectivity index (χ0n) is 12.1. The van der Waals surface area contributed by atoms with Crippen molar-refractivity contribution >= 4 is 5.69 Å². The first-order valence-electron chi connectivity index (χ1n) is 7.90. The maximum atomic E-state index is 3.53. The normalized spacial score (nSPS) is 27.1. The Hall–Kier alpha value is -1.02. The van der Waals surface area contributed by atoms with Gasteiger partial charge in [-0.3, -0.25) is 0 Å². The summed E-state index contributed by atoms with van der Waals surface area (Å²) in [5, 5.41) is 3.53. The average Bonchev–Trinajstić information content (AvgIpc) is 2.47. The van der Waals surface area contributed by atoms with Crippen molar-refractivity contribution < 1.29 is 0 Å². The largest absolute Gasteiger partial charge is 0.369 e. The first-order chi connectivity index (χ1) is 9.34. The first-order valence-corrected chi connectivity index (χ1v) is 7.90. The van der Waals surface area contributed by atoms with Gasteiger partial charge in [-0.05, 0) is 69.7 Å². The van der Waals surface area contributed by atoms with Crippen molar-refractivity contribution in [3.05, 3.63) is 29.8 Å². The molecule has 2 aliphatic rings. The number of rotatable bonds is 3. The van der Waals surface area contributed by atoms with Crippen LogP contribution in [0.25, 0.3) is 0 Å². The molecule has 2 atom stereocenters. The third kappa shape index (κ3) is 2.94. The summed E-state index contributed by atoms with van der Waals surface area (Å²) in [6.07, 6.45) is 6.66. The second kappa shape index (κ2) is 5.96. The highest BCUT2D eigenvalue weighted by Crippen LogP contribution is 2.31. The van der Waals surface area contributed by atoms with E-state index in [0.717, 1.165) is 5.92 Å². The highest BCUT2D eigenvalue weighted by atomic mass is 15.2. The number of fused-ring (bicyclic) bond motifs is 1. The molecule has 0 saturated carbocycles. The molecule has 0 radical (unpaired) electrons. The molecule has 104 valence electrons. The Kier molecular flexibility index (Phi) is 4.07. The molecule has 2 aliphatic heterocycles. The van der Waals surface area contributed by atoms with Crippen LogP contribution in [0.5, 0.6) is 0 Å². The van der Waals surface area contributed by atoms with E-state index in [-0.39, 0.29) is 0 Å². The molecular formula is C17H26N2. The topological polar surface area (TPSA) is 15.3 Å². The van der Waals surface area contributed by atoms with Crippen molar-refractivity contribution in [2.75, 3.05) is 24.5 Å². The minimum Gasteiger partial charge on any atom is -0.369 e. The summed E-state index contributed by atoms with van der Waals surface area (Å²) in [5.41, 5.74) is 3.03. The zero-order valence-corrected chi connectivity index (χ0v) is 12.1. The van der Waals surface area contributed by atoms with Gasteiger partial charge in [-0.25, -0.2) is 0 Å². The predicted octanol–water partition coefficient (Wildman–Crippen LogP) is 3.22. The molecule has 1 saturated heterocycles. The van der Waals surface area contributed by atoms with Gasteiger partial charge in [0.15, 0.2) is 0 Å². The lowest BCUT2D eigenvalue weighted by atomic mass is 9.93. The molecule has 1 N–H and O–H groups in total. The number of piperidine rings is 1. The number of hydrogen-bond donors (Lipinski definition) is 1. The molecule has 0 amide bonds. The number of para-hydroxylation sites is 1. The fraction of sp³-hybridized carbons (Fsp3) is 0.647. The van der Waals surface area contributed by atoms with Crippen LogP contribution in [0.3, 0.4) is 0 Å². The second-order valence-corrected chi connectivity index (χ2v) is 6.21. The Labute approximate surface area is 117 Å². The maximum Gasteiger partial charge on any atom is 0.0401 e. The lowest BCUT2D eigenvalue weighted by Crippen LogP contribution is -2.40. The summed E-state index contributed by atoms with van der Waals surface area (Å²) in [5.74, 6) is 0.884. The number of aryl methyl sites for hydroxylation is 1. The number of nitrogens with one attached hydrogen (secondary N) is 1. The summed E-state index contributed by atoms with van der Waals surface area (Å²) in [4.78, 5) is 2.65. The zero-order chi connectivity index (χ0) is 13.1. The molecule has 2 nitrogen and oxygen atoms in total. The molecule has 0 aromatic heterocycles. The van der Waals surface area contributed by atoms with E-state index in [4.69, 9.17) is 0 Å². The average molecular weight is 258 g/mol. The minimum absolute atomic E-state index is 0.700. The molecule has 3 rings (SSSR count).